The molecule has 0 aliphatic rings. The molecule has 3 nitrogen and oxygen atoms in total. The molecule has 0 saturated carbocycles. The highest BCUT2D eigenvalue weighted by Crippen LogP contribution is 1.98. The lowest BCUT2D eigenvalue weighted by Gasteiger charge is -2.04. The first-order valence-electron chi connectivity index (χ1n) is 7.15. The number of hydrogen-bond donors (Lipinski definition) is 2. The molecule has 1 aromatic rings. The first-order valence-corrected chi connectivity index (χ1v) is 3.15. The van der Waals surface area contributed by atoms with E-state index in [0.29, 0.717) is 0 Å². The predicted molar refractivity (Wildman–Crippen MR) is 48.2 cm³/mol. The standard InChI is InChI=1S/C8H12BNO2/c1-3-7-4-6(2)8(5-10-7)9(11)12/h4-5,11-12H,3H2,1-2H3/i1D3,2D3,3D2. The quantitative estimate of drug-likeness (QED) is 0.600. The summed E-state index contributed by atoms with van der Waals surface area (Å²) in [7, 11) is -2.11. The molecule has 0 fully saturated rings. The fraction of sp³-hybridized carbons (Fsp3) is 0.375. The van der Waals surface area contributed by atoms with Crippen molar-refractivity contribution in [2.45, 2.75) is 20.1 Å². The van der Waals surface area contributed by atoms with Gasteiger partial charge in [-0.1, -0.05) is 6.85 Å². The summed E-state index contributed by atoms with van der Waals surface area (Å²) in [6, 6.07) is 0.730. The van der Waals surface area contributed by atoms with Gasteiger partial charge in [0.15, 0.2) is 0 Å². The molecule has 0 saturated heterocycles. The van der Waals surface area contributed by atoms with E-state index >= 15 is 0 Å². The second kappa shape index (κ2) is 3.69. The fourth-order valence-corrected chi connectivity index (χ4v) is 0.740. The lowest BCUT2D eigenvalue weighted by molar-refractivity contribution is 0.425. The maximum atomic E-state index is 9.08. The summed E-state index contributed by atoms with van der Waals surface area (Å²) in [5.41, 5.74) is -1.58. The highest BCUT2D eigenvalue weighted by Gasteiger charge is 2.13. The van der Waals surface area contributed by atoms with E-state index in [1.165, 1.54) is 0 Å². The Bertz CT molecular complexity index is 498. The van der Waals surface area contributed by atoms with Gasteiger partial charge in [0.25, 0.3) is 0 Å². The van der Waals surface area contributed by atoms with Gasteiger partial charge in [-0.3, -0.25) is 4.98 Å². The Balaban J connectivity index is 3.49. The smallest absolute Gasteiger partial charge is 0.423 e. The Hall–Kier alpha value is -0.865. The molecule has 1 aromatic heterocycles. The summed E-state index contributed by atoms with van der Waals surface area (Å²) in [4.78, 5) is 3.51. The van der Waals surface area contributed by atoms with Crippen LogP contribution in [0.15, 0.2) is 12.3 Å². The first kappa shape index (κ1) is 3.12. The summed E-state index contributed by atoms with van der Waals surface area (Å²) >= 11 is 0. The fourth-order valence-electron chi connectivity index (χ4n) is 0.740. The molecule has 0 aliphatic heterocycles. The van der Waals surface area contributed by atoms with Crippen LogP contribution < -0.4 is 5.46 Å². The molecule has 0 bridgehead atoms. The monoisotopic (exact) mass is 173 g/mol. The van der Waals surface area contributed by atoms with Crippen LogP contribution in [0.2, 0.25) is 0 Å². The van der Waals surface area contributed by atoms with Gasteiger partial charge in [0, 0.05) is 28.3 Å². The minimum Gasteiger partial charge on any atom is -0.423 e. The highest BCUT2D eigenvalue weighted by atomic mass is 16.4. The van der Waals surface area contributed by atoms with Crippen LogP contribution in [0.5, 0.6) is 0 Å². The topological polar surface area (TPSA) is 53.4 Å². The zero-order valence-electron chi connectivity index (χ0n) is 14.1. The van der Waals surface area contributed by atoms with Crippen molar-refractivity contribution < 1.29 is 21.0 Å². The van der Waals surface area contributed by atoms with Gasteiger partial charge in [-0.2, -0.15) is 0 Å². The Morgan fingerprint density at radius 1 is 1.75 bits per heavy atom. The molecule has 64 valence electrons. The lowest BCUT2D eigenvalue weighted by atomic mass is 9.78. The maximum Gasteiger partial charge on any atom is 0.490 e. The van der Waals surface area contributed by atoms with Crippen molar-refractivity contribution in [2.75, 3.05) is 0 Å². The molecule has 0 aliphatic carbocycles. The Kier molecular flexibility index (Phi) is 0.961. The van der Waals surface area contributed by atoms with Gasteiger partial charge in [-0.25, -0.2) is 0 Å². The van der Waals surface area contributed by atoms with Crippen LogP contribution >= 0.6 is 0 Å². The summed E-state index contributed by atoms with van der Waals surface area (Å²) in [5.74, 6) is 0. The van der Waals surface area contributed by atoms with Crippen LogP contribution in [0.25, 0.3) is 0 Å². The lowest BCUT2D eigenvalue weighted by Crippen LogP contribution is -2.32. The SMILES string of the molecule is [2H]C([2H])([2H])c1cc(C([2H])([2H])C([2H])([2H])[2H])ncc1B(O)O. The van der Waals surface area contributed by atoms with Crippen molar-refractivity contribution in [3.63, 3.8) is 0 Å². The van der Waals surface area contributed by atoms with E-state index in [-0.39, 0.29) is 0 Å². The largest absolute Gasteiger partial charge is 0.490 e. The molecule has 0 aromatic carbocycles. The molecule has 0 atom stereocenters. The van der Waals surface area contributed by atoms with Gasteiger partial charge in [0.1, 0.15) is 0 Å². The molecule has 0 amide bonds. The number of rotatable bonds is 2. The molecular formula is C8H12BNO2. The summed E-state index contributed by atoms with van der Waals surface area (Å²) in [5, 5.41) is 18.2. The van der Waals surface area contributed by atoms with Crippen molar-refractivity contribution in [1.82, 2.24) is 4.98 Å². The van der Waals surface area contributed by atoms with Gasteiger partial charge < -0.3 is 10.0 Å². The normalized spacial score (nSPS) is 23.2. The summed E-state index contributed by atoms with van der Waals surface area (Å²) < 4.78 is 58.3. The van der Waals surface area contributed by atoms with Crippen molar-refractivity contribution >= 4 is 12.6 Å². The number of aryl methyl sites for hydroxylation is 2. The second-order valence-electron chi connectivity index (χ2n) is 2.16. The second-order valence-corrected chi connectivity index (χ2v) is 2.16. The van der Waals surface area contributed by atoms with Crippen molar-refractivity contribution in [2.24, 2.45) is 0 Å². The third-order valence-electron chi connectivity index (χ3n) is 1.34. The van der Waals surface area contributed by atoms with Gasteiger partial charge in [0.2, 0.25) is 0 Å². The first-order chi connectivity index (χ1) is 8.78. The third kappa shape index (κ3) is 1.84. The predicted octanol–water partition coefficient (Wildman–Crippen LogP) is -0.368. The zero-order valence-corrected chi connectivity index (χ0v) is 6.07. The van der Waals surface area contributed by atoms with Gasteiger partial charge in [0.05, 0.1) is 0 Å². The Labute approximate surface area is 83.5 Å². The Morgan fingerprint density at radius 2 is 2.58 bits per heavy atom. The van der Waals surface area contributed by atoms with E-state index < -0.39 is 43.9 Å². The summed E-state index contributed by atoms with van der Waals surface area (Å²) in [6.45, 7) is -5.80. The van der Waals surface area contributed by atoms with E-state index in [1.807, 2.05) is 0 Å². The molecular weight excluding hydrogens is 153 g/mol. The molecule has 2 N–H and O–H groups in total. The third-order valence-corrected chi connectivity index (χ3v) is 1.34. The average Bonchev–Trinajstić information content (AvgIpc) is 2.25. The average molecular weight is 173 g/mol. The van der Waals surface area contributed by atoms with Crippen LogP contribution in [0.4, 0.5) is 0 Å². The molecule has 0 radical (unpaired) electrons. The number of hydrogen-bond acceptors (Lipinski definition) is 3. The van der Waals surface area contributed by atoms with Crippen LogP contribution in [0.3, 0.4) is 0 Å². The molecule has 1 heterocycles. The van der Waals surface area contributed by atoms with Gasteiger partial charge in [-0.15, -0.1) is 0 Å². The molecule has 4 heteroatoms. The zero-order chi connectivity index (χ0) is 15.9. The molecule has 0 spiro atoms. The van der Waals surface area contributed by atoms with E-state index in [4.69, 9.17) is 21.0 Å². The highest BCUT2D eigenvalue weighted by molar-refractivity contribution is 6.59. The Morgan fingerprint density at radius 3 is 3.17 bits per heavy atom. The van der Waals surface area contributed by atoms with E-state index in [0.717, 1.165) is 12.3 Å². The maximum absolute atomic E-state index is 9.08. The number of pyridine rings is 1. The van der Waals surface area contributed by atoms with Gasteiger partial charge in [-0.05, 0) is 24.9 Å². The van der Waals surface area contributed by atoms with Crippen LogP contribution in [0, 0.1) is 6.85 Å². The summed E-state index contributed by atoms with van der Waals surface area (Å²) in [6.07, 6.45) is -2.10. The van der Waals surface area contributed by atoms with Crippen LogP contribution in [-0.4, -0.2) is 22.2 Å². The number of aromatic nitrogens is 1. The van der Waals surface area contributed by atoms with Crippen molar-refractivity contribution in [3.05, 3.63) is 23.5 Å². The van der Waals surface area contributed by atoms with E-state index in [9.17, 15) is 0 Å². The van der Waals surface area contributed by atoms with Crippen LogP contribution in [-0.2, 0) is 6.37 Å². The number of nitrogens with zero attached hydrogens (tertiary/aromatic N) is 1. The van der Waals surface area contributed by atoms with Crippen molar-refractivity contribution in [1.29, 1.82) is 0 Å². The van der Waals surface area contributed by atoms with E-state index in [1.54, 1.807) is 0 Å². The molecule has 0 unspecified atom stereocenters. The van der Waals surface area contributed by atoms with Crippen molar-refractivity contribution in [3.8, 4) is 0 Å². The minimum absolute atomic E-state index is 0.421. The van der Waals surface area contributed by atoms with E-state index in [2.05, 4.69) is 4.98 Å². The molecule has 12 heavy (non-hydrogen) atoms. The van der Waals surface area contributed by atoms with Crippen LogP contribution in [0.1, 0.15) is 29.1 Å². The minimum atomic E-state index is -3.04. The molecule has 1 rings (SSSR count). The van der Waals surface area contributed by atoms with Gasteiger partial charge >= 0.3 is 7.12 Å².